The van der Waals surface area contributed by atoms with Gasteiger partial charge in [-0.2, -0.15) is 5.10 Å². The predicted octanol–water partition coefficient (Wildman–Crippen LogP) is 1.82. The third-order valence-electron chi connectivity index (χ3n) is 4.06. The van der Waals surface area contributed by atoms with Crippen LogP contribution in [-0.2, 0) is 0 Å². The Bertz CT molecular complexity index is 873. The summed E-state index contributed by atoms with van der Waals surface area (Å²) in [5.74, 6) is -0.456. The molecule has 3 heterocycles. The Kier molecular flexibility index (Phi) is 4.08. The van der Waals surface area contributed by atoms with E-state index in [1.807, 2.05) is 0 Å². The number of halogens is 1. The molecule has 1 aliphatic rings. The lowest BCUT2D eigenvalue weighted by molar-refractivity contribution is 0.0376. The van der Waals surface area contributed by atoms with Crippen LogP contribution in [0.4, 0.5) is 10.2 Å². The summed E-state index contributed by atoms with van der Waals surface area (Å²) in [6, 6.07) is 1.67. The van der Waals surface area contributed by atoms with Crippen LogP contribution in [0.2, 0.25) is 0 Å². The Morgan fingerprint density at radius 3 is 3.00 bits per heavy atom. The number of rotatable bonds is 2. The third kappa shape index (κ3) is 3.53. The molecular weight excluding hydrogens is 325 g/mol. The molecule has 0 radical (unpaired) electrons. The lowest BCUT2D eigenvalue weighted by Crippen LogP contribution is -2.48. The lowest BCUT2D eigenvalue weighted by atomic mass is 9.85. The maximum atomic E-state index is 13.9. The molecule has 0 saturated heterocycles. The van der Waals surface area contributed by atoms with Crippen LogP contribution >= 0.6 is 0 Å². The molecule has 2 bridgehead atoms. The number of nitrogens with one attached hydrogen (secondary N) is 2. The summed E-state index contributed by atoms with van der Waals surface area (Å²) in [5.41, 5.74) is -1.56. The largest absolute Gasteiger partial charge is 0.388 e. The second-order valence-corrected chi connectivity index (χ2v) is 6.77. The van der Waals surface area contributed by atoms with Gasteiger partial charge >= 0.3 is 0 Å². The van der Waals surface area contributed by atoms with Crippen LogP contribution in [0.3, 0.4) is 0 Å². The van der Waals surface area contributed by atoms with Gasteiger partial charge in [-0.1, -0.05) is 6.58 Å². The number of fused-ring (bicyclic) bond motifs is 1. The van der Waals surface area contributed by atoms with Crippen LogP contribution in [-0.4, -0.2) is 43.3 Å². The average molecular weight is 345 g/mol. The van der Waals surface area contributed by atoms with Gasteiger partial charge in [-0.25, -0.2) is 13.9 Å². The highest BCUT2D eigenvalue weighted by Gasteiger charge is 2.35. The van der Waals surface area contributed by atoms with Crippen molar-refractivity contribution in [1.82, 2.24) is 19.9 Å². The molecule has 132 valence electrons. The molecule has 0 aliphatic carbocycles. The van der Waals surface area contributed by atoms with E-state index in [-0.39, 0.29) is 18.9 Å². The number of anilines is 1. The van der Waals surface area contributed by atoms with Crippen LogP contribution in [0.5, 0.6) is 0 Å². The van der Waals surface area contributed by atoms with Crippen LogP contribution < -0.4 is 10.6 Å². The van der Waals surface area contributed by atoms with E-state index in [0.29, 0.717) is 17.0 Å². The first-order valence-corrected chi connectivity index (χ1v) is 7.85. The van der Waals surface area contributed by atoms with E-state index in [0.717, 1.165) is 6.08 Å². The predicted molar refractivity (Wildman–Crippen MR) is 92.0 cm³/mol. The molecule has 1 aliphatic heterocycles. The normalized spacial score (nSPS) is 27.5. The van der Waals surface area contributed by atoms with Gasteiger partial charge in [0.25, 0.3) is 5.91 Å². The van der Waals surface area contributed by atoms with Crippen LogP contribution in [0.15, 0.2) is 43.0 Å². The average Bonchev–Trinajstić information content (AvgIpc) is 2.94. The van der Waals surface area contributed by atoms with Gasteiger partial charge in [-0.05, 0) is 32.1 Å². The number of hydrogen-bond donors (Lipinski definition) is 3. The summed E-state index contributed by atoms with van der Waals surface area (Å²) in [7, 11) is 0. The summed E-state index contributed by atoms with van der Waals surface area (Å²) in [4.78, 5) is 16.8. The van der Waals surface area contributed by atoms with Gasteiger partial charge in [0.05, 0.1) is 17.3 Å². The highest BCUT2D eigenvalue weighted by atomic mass is 19.1. The standard InChI is InChI=1S/C17H20FN5O2/c1-4-11(18)7-16(2)9-17(3,25)10-19-15(24)12-8-20-23-6-5-13(22-16)21-14(12)23/h4-8,25H,1,9-10H2,2-3H3,(H,19,24)(H,21,22)/b11-7+/t16?,17-/m0/s1. The molecule has 0 spiro atoms. The third-order valence-corrected chi connectivity index (χ3v) is 4.06. The van der Waals surface area contributed by atoms with Crippen molar-refractivity contribution >= 4 is 17.4 Å². The van der Waals surface area contributed by atoms with Crippen molar-refractivity contribution in [3.8, 4) is 0 Å². The molecule has 1 amide bonds. The van der Waals surface area contributed by atoms with E-state index < -0.39 is 17.0 Å². The van der Waals surface area contributed by atoms with Crippen LogP contribution in [0, 0.1) is 0 Å². The molecule has 0 saturated carbocycles. The molecule has 2 aromatic heterocycles. The van der Waals surface area contributed by atoms with Gasteiger partial charge in [0.2, 0.25) is 0 Å². The number of aromatic nitrogens is 3. The van der Waals surface area contributed by atoms with Crippen LogP contribution in [0.25, 0.3) is 5.65 Å². The molecule has 1 unspecified atom stereocenters. The van der Waals surface area contributed by atoms with Gasteiger partial charge < -0.3 is 15.7 Å². The molecule has 0 fully saturated rings. The number of carbonyl (C=O) groups excluding carboxylic acids is 1. The summed E-state index contributed by atoms with van der Waals surface area (Å²) in [6.07, 6.45) is 5.66. The van der Waals surface area contributed by atoms with Gasteiger partial charge in [0.1, 0.15) is 17.2 Å². The summed E-state index contributed by atoms with van der Waals surface area (Å²) in [6.45, 7) is 6.75. The monoisotopic (exact) mass is 345 g/mol. The fraction of sp³-hybridized carbons (Fsp3) is 0.353. The molecule has 3 N–H and O–H groups in total. The molecule has 7 nitrogen and oxygen atoms in total. The first kappa shape index (κ1) is 17.1. The minimum absolute atomic E-state index is 0.0000333. The molecule has 25 heavy (non-hydrogen) atoms. The number of allylic oxidation sites excluding steroid dienone is 2. The van der Waals surface area contributed by atoms with Gasteiger partial charge in [-0.15, -0.1) is 0 Å². The summed E-state index contributed by atoms with van der Waals surface area (Å²) in [5, 5.41) is 20.6. The van der Waals surface area contributed by atoms with Gasteiger partial charge in [0, 0.05) is 19.2 Å². The molecule has 2 atom stereocenters. The molecule has 2 aromatic rings. The zero-order chi connectivity index (χ0) is 18.2. The SMILES string of the molecule is C=C/C(F)=C\C1(C)C[C@](C)(O)CNC(=O)c2cnn3ccc(nc23)N1. The Hall–Kier alpha value is -2.74. The Morgan fingerprint density at radius 1 is 1.52 bits per heavy atom. The Balaban J connectivity index is 2.13. The first-order chi connectivity index (χ1) is 11.7. The Labute approximate surface area is 144 Å². The van der Waals surface area contributed by atoms with E-state index >= 15 is 0 Å². The van der Waals surface area contributed by atoms with Gasteiger partial charge in [0.15, 0.2) is 5.65 Å². The minimum Gasteiger partial charge on any atom is -0.388 e. The highest BCUT2D eigenvalue weighted by molar-refractivity contribution is 5.99. The van der Waals surface area contributed by atoms with Crippen molar-refractivity contribution in [1.29, 1.82) is 0 Å². The van der Waals surface area contributed by atoms with E-state index in [4.69, 9.17) is 0 Å². The fourth-order valence-electron chi connectivity index (χ4n) is 3.11. The van der Waals surface area contributed by atoms with E-state index in [2.05, 4.69) is 27.3 Å². The topological polar surface area (TPSA) is 91.5 Å². The van der Waals surface area contributed by atoms with E-state index in [1.165, 1.54) is 16.8 Å². The number of nitrogens with zero attached hydrogens (tertiary/aromatic N) is 3. The number of aliphatic hydroxyl groups is 1. The summed E-state index contributed by atoms with van der Waals surface area (Å²) < 4.78 is 15.4. The van der Waals surface area contributed by atoms with Crippen molar-refractivity contribution in [3.63, 3.8) is 0 Å². The van der Waals surface area contributed by atoms with Crippen molar-refractivity contribution in [3.05, 3.63) is 48.6 Å². The second kappa shape index (κ2) is 5.96. The zero-order valence-corrected chi connectivity index (χ0v) is 14.1. The van der Waals surface area contributed by atoms with E-state index in [1.54, 1.807) is 26.1 Å². The molecular formula is C17H20FN5O2. The minimum atomic E-state index is -1.28. The molecule has 3 rings (SSSR count). The van der Waals surface area contributed by atoms with Crippen molar-refractivity contribution in [2.45, 2.75) is 31.4 Å². The number of β-amino-alcohol motifs (C(OH)–C–C–N with tert-alkyl or cyclic N) is 1. The van der Waals surface area contributed by atoms with Crippen LogP contribution in [0.1, 0.15) is 30.6 Å². The quantitative estimate of drug-likeness (QED) is 0.722. The molecule has 8 heteroatoms. The number of carbonyl (C=O) groups is 1. The number of hydrogen-bond acceptors (Lipinski definition) is 5. The first-order valence-electron chi connectivity index (χ1n) is 7.85. The van der Waals surface area contributed by atoms with Crippen molar-refractivity contribution < 1.29 is 14.3 Å². The smallest absolute Gasteiger partial charge is 0.256 e. The fourth-order valence-corrected chi connectivity index (χ4v) is 3.11. The number of amides is 1. The molecule has 0 aromatic carbocycles. The zero-order valence-electron chi connectivity index (χ0n) is 14.1. The second-order valence-electron chi connectivity index (χ2n) is 6.77. The van der Waals surface area contributed by atoms with E-state index in [9.17, 15) is 14.3 Å². The maximum Gasteiger partial charge on any atom is 0.256 e. The van der Waals surface area contributed by atoms with Gasteiger partial charge in [-0.3, -0.25) is 4.79 Å². The van der Waals surface area contributed by atoms with Crippen molar-refractivity contribution in [2.24, 2.45) is 0 Å². The summed E-state index contributed by atoms with van der Waals surface area (Å²) >= 11 is 0. The Morgan fingerprint density at radius 2 is 2.28 bits per heavy atom. The highest BCUT2D eigenvalue weighted by Crippen LogP contribution is 2.28. The van der Waals surface area contributed by atoms with Crippen molar-refractivity contribution in [2.75, 3.05) is 11.9 Å². The lowest BCUT2D eigenvalue weighted by Gasteiger charge is -2.35. The maximum absolute atomic E-state index is 13.9.